The van der Waals surface area contributed by atoms with Crippen molar-refractivity contribution in [2.75, 3.05) is 31.1 Å². The van der Waals surface area contributed by atoms with Crippen LogP contribution in [0, 0.1) is 24.2 Å². The van der Waals surface area contributed by atoms with Crippen molar-refractivity contribution in [1.82, 2.24) is 14.5 Å². The SMILES string of the molecule is C#CC1CCN(C(=O)C2CCN(c3ccc4c(c3)-n3c(nc(=O)c5c(Cl)cccc53)C43CCCCC3)CC2)CC1. The van der Waals surface area contributed by atoms with Crippen LogP contribution in [0.4, 0.5) is 5.69 Å². The summed E-state index contributed by atoms with van der Waals surface area (Å²) >= 11 is 6.53. The number of aromatic nitrogens is 2. The molecule has 0 N–H and O–H groups in total. The minimum Gasteiger partial charge on any atom is -0.371 e. The lowest BCUT2D eigenvalue weighted by atomic mass is 9.70. The van der Waals surface area contributed by atoms with Crippen LogP contribution in [0.3, 0.4) is 0 Å². The number of likely N-dealkylation sites (tertiary alicyclic amines) is 1. The van der Waals surface area contributed by atoms with E-state index < -0.39 is 0 Å². The van der Waals surface area contributed by atoms with Crippen LogP contribution in [0.15, 0.2) is 41.2 Å². The van der Waals surface area contributed by atoms with Crippen molar-refractivity contribution in [3.63, 3.8) is 0 Å². The molecule has 3 fully saturated rings. The molecule has 6 nitrogen and oxygen atoms in total. The van der Waals surface area contributed by atoms with Gasteiger partial charge in [-0.2, -0.15) is 4.98 Å². The van der Waals surface area contributed by atoms with Crippen molar-refractivity contribution < 1.29 is 4.79 Å². The second-order valence-electron chi connectivity index (χ2n) is 12.1. The summed E-state index contributed by atoms with van der Waals surface area (Å²) in [6, 6.07) is 12.5. The lowest BCUT2D eigenvalue weighted by Crippen LogP contribution is -2.45. The summed E-state index contributed by atoms with van der Waals surface area (Å²) in [5.74, 6) is 4.42. The first kappa shape index (κ1) is 25.7. The fourth-order valence-corrected chi connectivity index (χ4v) is 8.03. The molecule has 0 bridgehead atoms. The van der Waals surface area contributed by atoms with Crippen molar-refractivity contribution in [1.29, 1.82) is 0 Å². The van der Waals surface area contributed by atoms with Crippen LogP contribution in [0.2, 0.25) is 5.02 Å². The Morgan fingerprint density at radius 1 is 1.00 bits per heavy atom. The summed E-state index contributed by atoms with van der Waals surface area (Å²) in [6.45, 7) is 3.27. The average molecular weight is 555 g/mol. The molecular formula is C33H35ClN4O2. The highest BCUT2D eigenvalue weighted by molar-refractivity contribution is 6.35. The summed E-state index contributed by atoms with van der Waals surface area (Å²) in [4.78, 5) is 35.6. The molecule has 0 unspecified atom stereocenters. The molecular weight excluding hydrogens is 520 g/mol. The van der Waals surface area contributed by atoms with Gasteiger partial charge in [0.05, 0.1) is 27.0 Å². The van der Waals surface area contributed by atoms with Gasteiger partial charge in [0.1, 0.15) is 5.82 Å². The summed E-state index contributed by atoms with van der Waals surface area (Å²) in [5, 5.41) is 0.936. The quantitative estimate of drug-likeness (QED) is 0.382. The van der Waals surface area contributed by atoms with E-state index in [9.17, 15) is 9.59 Å². The van der Waals surface area contributed by atoms with Gasteiger partial charge in [-0.15, -0.1) is 12.3 Å². The van der Waals surface area contributed by atoms with Gasteiger partial charge in [-0.3, -0.25) is 14.2 Å². The van der Waals surface area contributed by atoms with Crippen molar-refractivity contribution in [2.45, 2.75) is 63.2 Å². The number of piperidine rings is 2. The smallest absolute Gasteiger partial charge is 0.282 e. The van der Waals surface area contributed by atoms with E-state index in [-0.39, 0.29) is 16.9 Å². The summed E-state index contributed by atoms with van der Waals surface area (Å²) in [7, 11) is 0. The van der Waals surface area contributed by atoms with E-state index >= 15 is 0 Å². The Bertz CT molecular complexity index is 1580. The molecule has 1 aromatic heterocycles. The third kappa shape index (κ3) is 3.96. The van der Waals surface area contributed by atoms with Gasteiger partial charge in [0.15, 0.2) is 0 Å². The zero-order chi connectivity index (χ0) is 27.4. The maximum absolute atomic E-state index is 13.2. The van der Waals surface area contributed by atoms with Gasteiger partial charge in [0, 0.05) is 43.7 Å². The number of terminal acetylenes is 1. The molecule has 206 valence electrons. The third-order valence-corrected chi connectivity index (χ3v) is 10.3. The highest BCUT2D eigenvalue weighted by atomic mass is 35.5. The highest BCUT2D eigenvalue weighted by Gasteiger charge is 2.46. The van der Waals surface area contributed by atoms with Crippen LogP contribution >= 0.6 is 11.6 Å². The third-order valence-electron chi connectivity index (χ3n) is 9.99. The number of anilines is 1. The van der Waals surface area contributed by atoms with Crippen molar-refractivity contribution in [3.05, 3.63) is 63.2 Å². The molecule has 0 atom stereocenters. The normalized spacial score (nSPS) is 20.9. The summed E-state index contributed by atoms with van der Waals surface area (Å²) in [5.41, 5.74) is 3.92. The topological polar surface area (TPSA) is 58.4 Å². The maximum atomic E-state index is 13.2. The van der Waals surface area contributed by atoms with E-state index in [4.69, 9.17) is 23.0 Å². The molecule has 40 heavy (non-hydrogen) atoms. The van der Waals surface area contributed by atoms with Crippen LogP contribution in [-0.4, -0.2) is 46.5 Å². The largest absolute Gasteiger partial charge is 0.371 e. The molecule has 2 aromatic carbocycles. The molecule has 1 spiro atoms. The number of halogens is 1. The van der Waals surface area contributed by atoms with Gasteiger partial charge >= 0.3 is 0 Å². The van der Waals surface area contributed by atoms with Crippen LogP contribution < -0.4 is 10.5 Å². The maximum Gasteiger partial charge on any atom is 0.282 e. The Kier molecular flexibility index (Phi) is 6.39. The lowest BCUT2D eigenvalue weighted by Gasteiger charge is -2.37. The standard InChI is InChI=1S/C33H35ClN4O2/c1-2-22-11-17-37(18-12-22)31(40)23-13-19-36(20-14-23)24-9-10-25-28(21-24)38-27-8-6-7-26(34)29(27)30(39)35-32(38)33(25)15-4-3-5-16-33/h1,6-10,21-23H,3-5,11-20H2. The fraction of sp³-hybridized carbons (Fsp3) is 0.485. The predicted octanol–water partition coefficient (Wildman–Crippen LogP) is 5.69. The molecule has 0 radical (unpaired) electrons. The summed E-state index contributed by atoms with van der Waals surface area (Å²) in [6.07, 6.45) is 14.6. The molecule has 1 aliphatic carbocycles. The van der Waals surface area contributed by atoms with E-state index in [1.165, 1.54) is 12.0 Å². The second kappa shape index (κ2) is 9.96. The minimum atomic E-state index is -0.236. The first-order valence-electron chi connectivity index (χ1n) is 14.9. The van der Waals surface area contributed by atoms with Crippen LogP contribution in [0.25, 0.3) is 16.6 Å². The lowest BCUT2D eigenvalue weighted by molar-refractivity contribution is -0.137. The zero-order valence-corrected chi connectivity index (χ0v) is 23.6. The molecule has 7 heteroatoms. The molecule has 3 aromatic rings. The first-order valence-corrected chi connectivity index (χ1v) is 15.2. The number of rotatable bonds is 2. The second-order valence-corrected chi connectivity index (χ2v) is 12.5. The number of carbonyl (C=O) groups excluding carboxylic acids is 1. The van der Waals surface area contributed by atoms with Crippen molar-refractivity contribution in [2.24, 2.45) is 11.8 Å². The van der Waals surface area contributed by atoms with E-state index in [1.807, 2.05) is 17.0 Å². The molecule has 4 heterocycles. The van der Waals surface area contributed by atoms with Crippen LogP contribution in [0.5, 0.6) is 0 Å². The Morgan fingerprint density at radius 2 is 1.75 bits per heavy atom. The number of nitrogens with zero attached hydrogens (tertiary/aromatic N) is 4. The number of hydrogen-bond acceptors (Lipinski definition) is 4. The van der Waals surface area contributed by atoms with Gasteiger partial charge in [-0.05, 0) is 68.4 Å². The number of benzene rings is 2. The Labute approximate surface area is 240 Å². The van der Waals surface area contributed by atoms with Gasteiger partial charge < -0.3 is 9.80 Å². The van der Waals surface area contributed by atoms with Gasteiger partial charge in [-0.1, -0.05) is 43.0 Å². The first-order chi connectivity index (χ1) is 19.5. The highest BCUT2D eigenvalue weighted by Crippen LogP contribution is 2.52. The van der Waals surface area contributed by atoms with E-state index in [1.54, 1.807) is 6.07 Å². The number of amides is 1. The number of carbonyl (C=O) groups is 1. The fourth-order valence-electron chi connectivity index (χ4n) is 7.78. The number of hydrogen-bond donors (Lipinski definition) is 0. The van der Waals surface area contributed by atoms with Gasteiger partial charge in [-0.25, -0.2) is 0 Å². The average Bonchev–Trinajstić information content (AvgIpc) is 3.25. The number of fused-ring (bicyclic) bond motifs is 7. The molecule has 4 aliphatic rings. The predicted molar refractivity (Wildman–Crippen MR) is 159 cm³/mol. The van der Waals surface area contributed by atoms with Crippen LogP contribution in [-0.2, 0) is 10.2 Å². The minimum absolute atomic E-state index is 0.0828. The van der Waals surface area contributed by atoms with Crippen LogP contribution in [0.1, 0.15) is 69.2 Å². The summed E-state index contributed by atoms with van der Waals surface area (Å²) < 4.78 is 2.21. The molecule has 1 saturated carbocycles. The Morgan fingerprint density at radius 3 is 2.48 bits per heavy atom. The molecule has 7 rings (SSSR count). The molecule has 1 amide bonds. The molecule has 3 aliphatic heterocycles. The van der Waals surface area contributed by atoms with E-state index in [0.29, 0.717) is 22.2 Å². The Balaban J connectivity index is 1.20. The monoisotopic (exact) mass is 554 g/mol. The van der Waals surface area contributed by atoms with E-state index in [2.05, 4.69) is 33.6 Å². The van der Waals surface area contributed by atoms with Crippen molar-refractivity contribution >= 4 is 34.1 Å². The molecule has 2 saturated heterocycles. The Hall–Kier alpha value is -3.30. The van der Waals surface area contributed by atoms with Crippen molar-refractivity contribution in [3.8, 4) is 18.0 Å². The van der Waals surface area contributed by atoms with Gasteiger partial charge in [0.25, 0.3) is 5.56 Å². The zero-order valence-electron chi connectivity index (χ0n) is 22.9. The van der Waals surface area contributed by atoms with E-state index in [0.717, 1.165) is 100 Å². The van der Waals surface area contributed by atoms with Gasteiger partial charge in [0.2, 0.25) is 5.91 Å².